The molecule has 1 saturated heterocycles. The SMILES string of the molecule is Cn1c2ccncc2c2ccc(-c3ccc(OC4CC(OCC56CC(COCCCCOc7ccc8c(c7)C(=O)N(C7CCC(=O)NC7=O)C8=O)(C5)C6)C4)nc3)cc21. The number of nitrogens with zero attached hydrogens (tertiary/aromatic N) is 4. The van der Waals surface area contributed by atoms with Crippen LogP contribution in [0.2, 0.25) is 0 Å². The van der Waals surface area contributed by atoms with Crippen molar-refractivity contribution in [3.63, 3.8) is 0 Å². The van der Waals surface area contributed by atoms with Crippen molar-refractivity contribution in [1.82, 2.24) is 24.8 Å². The fraction of sp³-hybridized carbons (Fsp3) is 0.422. The molecule has 1 atom stereocenters. The molecule has 2 aromatic carbocycles. The van der Waals surface area contributed by atoms with Crippen LogP contribution in [0.25, 0.3) is 32.9 Å². The van der Waals surface area contributed by atoms with Gasteiger partial charge in [-0.05, 0) is 91.3 Å². The van der Waals surface area contributed by atoms with E-state index < -0.39 is 29.7 Å². The monoisotopic (exact) mass is 783 g/mol. The highest BCUT2D eigenvalue weighted by atomic mass is 16.5. The molecule has 1 unspecified atom stereocenters. The Hall–Kier alpha value is -5.66. The maximum Gasteiger partial charge on any atom is 0.262 e. The number of unbranched alkanes of at least 4 members (excludes halogenated alkanes) is 1. The lowest BCUT2D eigenvalue weighted by molar-refractivity contribution is -0.263. The number of carbonyl (C=O) groups excluding carboxylic acids is 4. The molecule has 58 heavy (non-hydrogen) atoms. The third-order valence-electron chi connectivity index (χ3n) is 12.9. The summed E-state index contributed by atoms with van der Waals surface area (Å²) in [4.78, 5) is 59.7. The lowest BCUT2D eigenvalue weighted by atomic mass is 9.35. The van der Waals surface area contributed by atoms with Crippen molar-refractivity contribution in [1.29, 1.82) is 0 Å². The van der Waals surface area contributed by atoms with Crippen LogP contribution >= 0.6 is 0 Å². The predicted octanol–water partition coefficient (Wildman–Crippen LogP) is 6.16. The van der Waals surface area contributed by atoms with Crippen LogP contribution < -0.4 is 14.8 Å². The number of pyridine rings is 2. The van der Waals surface area contributed by atoms with Gasteiger partial charge in [-0.3, -0.25) is 34.4 Å². The van der Waals surface area contributed by atoms with E-state index in [1.54, 1.807) is 18.2 Å². The van der Waals surface area contributed by atoms with Crippen molar-refractivity contribution >= 4 is 45.4 Å². The average molecular weight is 784 g/mol. The molecule has 2 bridgehead atoms. The summed E-state index contributed by atoms with van der Waals surface area (Å²) in [6.45, 7) is 2.70. The second kappa shape index (κ2) is 14.3. The highest BCUT2D eigenvalue weighted by Gasteiger charge is 2.67. The number of aryl methyl sites for hydroxylation is 1. The van der Waals surface area contributed by atoms with Gasteiger partial charge >= 0.3 is 0 Å². The molecule has 5 fully saturated rings. The molecule has 4 aliphatic carbocycles. The molecule has 13 heteroatoms. The van der Waals surface area contributed by atoms with Gasteiger partial charge in [-0.2, -0.15) is 0 Å². The molecule has 6 aliphatic rings. The van der Waals surface area contributed by atoms with Crippen LogP contribution in [0, 0.1) is 10.8 Å². The minimum atomic E-state index is -0.987. The lowest BCUT2D eigenvalue weighted by Gasteiger charge is -2.70. The highest BCUT2D eigenvalue weighted by molar-refractivity contribution is 6.23. The molecule has 4 saturated carbocycles. The summed E-state index contributed by atoms with van der Waals surface area (Å²) in [7, 11) is 2.09. The topological polar surface area (TPSA) is 151 Å². The van der Waals surface area contributed by atoms with Crippen molar-refractivity contribution in [2.24, 2.45) is 17.9 Å². The number of benzene rings is 2. The van der Waals surface area contributed by atoms with E-state index >= 15 is 0 Å². The molecule has 298 valence electrons. The van der Waals surface area contributed by atoms with Gasteiger partial charge in [-0.15, -0.1) is 0 Å². The van der Waals surface area contributed by atoms with Crippen LogP contribution in [0.15, 0.2) is 73.2 Å². The first kappa shape index (κ1) is 36.7. The Kier molecular flexibility index (Phi) is 9.05. The highest BCUT2D eigenvalue weighted by Crippen LogP contribution is 2.73. The molecule has 13 nitrogen and oxygen atoms in total. The average Bonchev–Trinajstić information content (AvgIpc) is 3.61. The summed E-state index contributed by atoms with van der Waals surface area (Å²) in [5.74, 6) is -0.959. The van der Waals surface area contributed by atoms with Gasteiger partial charge in [0.15, 0.2) is 0 Å². The Balaban J connectivity index is 0.597. The summed E-state index contributed by atoms with van der Waals surface area (Å²) >= 11 is 0. The van der Waals surface area contributed by atoms with Crippen molar-refractivity contribution in [3.05, 3.63) is 84.3 Å². The third kappa shape index (κ3) is 6.50. The van der Waals surface area contributed by atoms with Gasteiger partial charge in [0.1, 0.15) is 17.9 Å². The van der Waals surface area contributed by atoms with Gasteiger partial charge in [0.25, 0.3) is 11.8 Å². The largest absolute Gasteiger partial charge is 0.494 e. The van der Waals surface area contributed by atoms with Crippen LogP contribution in [0.4, 0.5) is 0 Å². The molecular formula is C45H45N5O8. The normalized spacial score (nSPS) is 25.9. The molecule has 1 N–H and O–H groups in total. The molecule has 5 aromatic rings. The summed E-state index contributed by atoms with van der Waals surface area (Å²) in [6.07, 6.45) is 13.1. The van der Waals surface area contributed by atoms with Crippen LogP contribution in [-0.4, -0.2) is 87.7 Å². The van der Waals surface area contributed by atoms with Gasteiger partial charge in [0.05, 0.1) is 42.6 Å². The maximum atomic E-state index is 13.1. The first-order chi connectivity index (χ1) is 28.2. The molecular weight excluding hydrogens is 739 g/mol. The molecule has 0 radical (unpaired) electrons. The van der Waals surface area contributed by atoms with Crippen LogP contribution in [-0.2, 0) is 26.1 Å². The van der Waals surface area contributed by atoms with Crippen molar-refractivity contribution in [3.8, 4) is 22.8 Å². The van der Waals surface area contributed by atoms with Gasteiger partial charge in [0, 0.05) is 79.4 Å². The Morgan fingerprint density at radius 1 is 0.793 bits per heavy atom. The number of ether oxygens (including phenoxy) is 4. The second-order valence-corrected chi connectivity index (χ2v) is 17.0. The van der Waals surface area contributed by atoms with Crippen LogP contribution in [0.1, 0.15) is 78.5 Å². The second-order valence-electron chi connectivity index (χ2n) is 17.0. The number of aromatic nitrogens is 3. The van der Waals surface area contributed by atoms with Crippen molar-refractivity contribution in [2.45, 2.75) is 76.0 Å². The standard InChI is InChI=1S/C45H45N5O8/c1-49-36-12-13-46-21-35(36)32-7-4-27(16-38(32)49)28-5-11-40(47-20-28)58-31-17-30(18-31)57-26-45-22-44(23-45,24-45)25-55-14-2-3-15-56-29-6-8-33-34(19-29)43(54)50(42(33)53)37-9-10-39(51)48-41(37)52/h4-8,11-13,16,19-21,30-31,37H,2-3,9-10,14-15,17-18,22-26H2,1H3,(H,48,51,52). The number of carbonyl (C=O) groups is 4. The van der Waals surface area contributed by atoms with E-state index in [1.807, 2.05) is 30.7 Å². The van der Waals surface area contributed by atoms with Gasteiger partial charge in [-0.25, -0.2) is 4.98 Å². The quantitative estimate of drug-likeness (QED) is 0.0966. The van der Waals surface area contributed by atoms with Gasteiger partial charge < -0.3 is 23.5 Å². The van der Waals surface area contributed by atoms with E-state index in [9.17, 15) is 19.2 Å². The number of amides is 4. The van der Waals surface area contributed by atoms with E-state index in [4.69, 9.17) is 18.9 Å². The predicted molar refractivity (Wildman–Crippen MR) is 212 cm³/mol. The number of hydrogen-bond acceptors (Lipinski definition) is 10. The van der Waals surface area contributed by atoms with Gasteiger partial charge in [0.2, 0.25) is 17.7 Å². The lowest BCUT2D eigenvalue weighted by Crippen LogP contribution is -2.66. The fourth-order valence-corrected chi connectivity index (χ4v) is 9.93. The third-order valence-corrected chi connectivity index (χ3v) is 12.9. The number of hydrogen-bond donors (Lipinski definition) is 1. The number of rotatable bonds is 15. The molecule has 2 aliphatic heterocycles. The van der Waals surface area contributed by atoms with Crippen molar-refractivity contribution < 1.29 is 38.1 Å². The van der Waals surface area contributed by atoms with Crippen LogP contribution in [0.3, 0.4) is 0 Å². The van der Waals surface area contributed by atoms with Crippen molar-refractivity contribution in [2.75, 3.05) is 26.4 Å². The number of nitrogens with one attached hydrogen (secondary N) is 1. The Morgan fingerprint density at radius 2 is 1.59 bits per heavy atom. The first-order valence-corrected chi connectivity index (χ1v) is 20.3. The van der Waals surface area contributed by atoms with E-state index in [-0.39, 0.29) is 36.2 Å². The maximum absolute atomic E-state index is 13.1. The smallest absolute Gasteiger partial charge is 0.262 e. The molecule has 11 rings (SSSR count). The van der Waals surface area contributed by atoms with E-state index in [0.29, 0.717) is 35.7 Å². The Labute approximate surface area is 335 Å². The van der Waals surface area contributed by atoms with E-state index in [1.165, 1.54) is 16.4 Å². The summed E-state index contributed by atoms with van der Waals surface area (Å²) in [5.41, 5.74) is 5.57. The number of imide groups is 2. The molecule has 3 aromatic heterocycles. The zero-order valence-corrected chi connectivity index (χ0v) is 32.4. The fourth-order valence-electron chi connectivity index (χ4n) is 9.93. The molecule has 4 amide bonds. The summed E-state index contributed by atoms with van der Waals surface area (Å²) in [5, 5.41) is 4.56. The Morgan fingerprint density at radius 3 is 2.40 bits per heavy atom. The minimum absolute atomic E-state index is 0.0823. The van der Waals surface area contributed by atoms with Crippen LogP contribution in [0.5, 0.6) is 11.6 Å². The number of piperidine rings is 1. The van der Waals surface area contributed by atoms with E-state index in [0.717, 1.165) is 79.6 Å². The number of fused-ring (bicyclic) bond motifs is 4. The summed E-state index contributed by atoms with van der Waals surface area (Å²) in [6, 6.07) is 16.4. The van der Waals surface area contributed by atoms with E-state index in [2.05, 4.69) is 51.2 Å². The first-order valence-electron chi connectivity index (χ1n) is 20.3. The molecule has 5 heterocycles. The zero-order valence-electron chi connectivity index (χ0n) is 32.4. The van der Waals surface area contributed by atoms with Gasteiger partial charge in [-0.1, -0.05) is 12.1 Å². The molecule has 0 spiro atoms. The zero-order chi connectivity index (χ0) is 39.6. The summed E-state index contributed by atoms with van der Waals surface area (Å²) < 4.78 is 26.7. The Bertz CT molecular complexity index is 2450. The minimum Gasteiger partial charge on any atom is -0.494 e.